The van der Waals surface area contributed by atoms with E-state index in [0.29, 0.717) is 41.0 Å². The van der Waals surface area contributed by atoms with Gasteiger partial charge in [-0.3, -0.25) is 14.4 Å². The summed E-state index contributed by atoms with van der Waals surface area (Å²) in [6.45, 7) is 0.615. The minimum Gasteiger partial charge on any atom is -0.481 e. The summed E-state index contributed by atoms with van der Waals surface area (Å²) in [4.78, 5) is 44.8. The molecular weight excluding hydrogens is 458 g/mol. The number of fused-ring (bicyclic) bond motifs is 1. The molecule has 0 aliphatic carbocycles. The summed E-state index contributed by atoms with van der Waals surface area (Å²) in [5, 5.41) is 17.5. The number of carboxylic acids is 1. The third-order valence-electron chi connectivity index (χ3n) is 5.05. The van der Waals surface area contributed by atoms with Crippen LogP contribution in [0, 0.1) is 0 Å². The molecule has 0 saturated heterocycles. The van der Waals surface area contributed by atoms with Crippen molar-refractivity contribution in [3.05, 3.63) is 76.3 Å². The second-order valence-corrected chi connectivity index (χ2v) is 7.52. The van der Waals surface area contributed by atoms with E-state index < -0.39 is 17.6 Å². The van der Waals surface area contributed by atoms with E-state index >= 15 is 0 Å². The Morgan fingerprint density at radius 1 is 1.09 bits per heavy atom. The molecule has 0 atom stereocenters. The molecule has 11 heteroatoms. The summed E-state index contributed by atoms with van der Waals surface area (Å²) in [7, 11) is 0. The fourth-order valence-corrected chi connectivity index (χ4v) is 3.37. The molecule has 1 N–H and O–H groups in total. The standard InChI is InChI=1S/C24H19N3O8/c28-14-34-18-4-1-15(2-5-18)11-27-12-20(25-26-27)16-3-6-19-17(10-24(32)35-21(19)9-16)13-33-23(31)8-7-22(29)30/h1-6,9-10,12,14H,7-8,11,13H2,(H,29,30). The Kier molecular flexibility index (Phi) is 6.96. The zero-order valence-electron chi connectivity index (χ0n) is 18.2. The summed E-state index contributed by atoms with van der Waals surface area (Å²) >= 11 is 0. The highest BCUT2D eigenvalue weighted by Crippen LogP contribution is 2.25. The normalized spacial score (nSPS) is 10.7. The van der Waals surface area contributed by atoms with Gasteiger partial charge in [0.2, 0.25) is 0 Å². The van der Waals surface area contributed by atoms with Crippen molar-refractivity contribution in [2.75, 3.05) is 0 Å². The lowest BCUT2D eigenvalue weighted by Gasteiger charge is -2.07. The van der Waals surface area contributed by atoms with E-state index in [9.17, 15) is 19.2 Å². The molecule has 0 unspecified atom stereocenters. The van der Waals surface area contributed by atoms with Gasteiger partial charge in [-0.25, -0.2) is 9.48 Å². The molecule has 0 aliphatic rings. The first-order valence-corrected chi connectivity index (χ1v) is 10.5. The van der Waals surface area contributed by atoms with Crippen LogP contribution < -0.4 is 10.4 Å². The number of hydrogen-bond donors (Lipinski definition) is 1. The fraction of sp³-hybridized carbons (Fsp3) is 0.167. The first-order chi connectivity index (χ1) is 16.9. The van der Waals surface area contributed by atoms with Gasteiger partial charge in [0.05, 0.1) is 25.6 Å². The number of esters is 1. The number of aromatic nitrogens is 3. The van der Waals surface area contributed by atoms with Gasteiger partial charge in [-0.05, 0) is 23.8 Å². The predicted molar refractivity (Wildman–Crippen MR) is 120 cm³/mol. The van der Waals surface area contributed by atoms with E-state index in [1.54, 1.807) is 53.3 Å². The maximum atomic E-state index is 12.0. The Balaban J connectivity index is 1.50. The highest BCUT2D eigenvalue weighted by Gasteiger charge is 2.13. The molecule has 4 rings (SSSR count). The number of benzene rings is 2. The number of aliphatic carboxylic acids is 1. The van der Waals surface area contributed by atoms with Crippen LogP contribution in [0.2, 0.25) is 0 Å². The van der Waals surface area contributed by atoms with Crippen LogP contribution in [0.15, 0.2) is 63.9 Å². The van der Waals surface area contributed by atoms with Gasteiger partial charge in [0.1, 0.15) is 23.6 Å². The molecule has 0 bridgehead atoms. The van der Waals surface area contributed by atoms with Crippen LogP contribution in [0.1, 0.15) is 24.0 Å². The summed E-state index contributed by atoms with van der Waals surface area (Å²) in [5.74, 6) is -1.33. The van der Waals surface area contributed by atoms with Gasteiger partial charge in [0.15, 0.2) is 0 Å². The van der Waals surface area contributed by atoms with Crippen molar-refractivity contribution in [2.45, 2.75) is 26.0 Å². The van der Waals surface area contributed by atoms with Crippen LogP contribution in [-0.4, -0.2) is 38.5 Å². The lowest BCUT2D eigenvalue weighted by molar-refractivity contribution is -0.148. The molecule has 0 fully saturated rings. The van der Waals surface area contributed by atoms with Gasteiger partial charge in [-0.15, -0.1) is 5.10 Å². The van der Waals surface area contributed by atoms with E-state index in [2.05, 4.69) is 10.3 Å². The van der Waals surface area contributed by atoms with Crippen LogP contribution in [0.25, 0.3) is 22.2 Å². The van der Waals surface area contributed by atoms with E-state index in [0.717, 1.165) is 5.56 Å². The minimum atomic E-state index is -1.10. The lowest BCUT2D eigenvalue weighted by atomic mass is 10.1. The van der Waals surface area contributed by atoms with Crippen molar-refractivity contribution in [3.8, 4) is 17.0 Å². The van der Waals surface area contributed by atoms with Gasteiger partial charge in [0.25, 0.3) is 6.47 Å². The third kappa shape index (κ3) is 5.96. The molecule has 2 heterocycles. The van der Waals surface area contributed by atoms with Crippen molar-refractivity contribution in [3.63, 3.8) is 0 Å². The molecule has 4 aromatic rings. The van der Waals surface area contributed by atoms with Gasteiger partial charge in [-0.1, -0.05) is 29.5 Å². The van der Waals surface area contributed by atoms with Crippen LogP contribution >= 0.6 is 0 Å². The average molecular weight is 477 g/mol. The summed E-state index contributed by atoms with van der Waals surface area (Å²) < 4.78 is 16.8. The monoisotopic (exact) mass is 477 g/mol. The Hall–Kier alpha value is -4.80. The molecule has 0 radical (unpaired) electrons. The van der Waals surface area contributed by atoms with Crippen molar-refractivity contribution in [1.82, 2.24) is 15.0 Å². The molecule has 11 nitrogen and oxygen atoms in total. The molecular formula is C24H19N3O8. The van der Waals surface area contributed by atoms with Crippen molar-refractivity contribution in [2.24, 2.45) is 0 Å². The maximum Gasteiger partial charge on any atom is 0.336 e. The Labute approximate surface area is 197 Å². The largest absolute Gasteiger partial charge is 0.481 e. The molecule has 0 saturated carbocycles. The molecule has 35 heavy (non-hydrogen) atoms. The number of rotatable bonds is 10. The van der Waals surface area contributed by atoms with Crippen LogP contribution in [0.4, 0.5) is 0 Å². The van der Waals surface area contributed by atoms with E-state index in [1.807, 2.05) is 0 Å². The third-order valence-corrected chi connectivity index (χ3v) is 5.05. The summed E-state index contributed by atoms with van der Waals surface area (Å²) in [5.41, 5.74) is 2.26. The summed E-state index contributed by atoms with van der Waals surface area (Å²) in [6, 6.07) is 13.3. The Morgan fingerprint density at radius 3 is 2.63 bits per heavy atom. The average Bonchev–Trinajstić information content (AvgIpc) is 3.30. The SMILES string of the molecule is O=COc1ccc(Cn2cc(-c3ccc4c(COC(=O)CCC(=O)O)cc(=O)oc4c3)nn2)cc1. The highest BCUT2D eigenvalue weighted by molar-refractivity contribution is 5.85. The van der Waals surface area contributed by atoms with E-state index in [-0.39, 0.29) is 25.0 Å². The fourth-order valence-electron chi connectivity index (χ4n) is 3.37. The second kappa shape index (κ2) is 10.4. The minimum absolute atomic E-state index is 0.188. The van der Waals surface area contributed by atoms with Crippen LogP contribution in [-0.2, 0) is 32.3 Å². The molecule has 0 spiro atoms. The predicted octanol–water partition coefficient (Wildman–Crippen LogP) is 2.54. The van der Waals surface area contributed by atoms with Gasteiger partial charge in [-0.2, -0.15) is 0 Å². The number of carbonyl (C=O) groups is 3. The summed E-state index contributed by atoms with van der Waals surface area (Å²) in [6.07, 6.45) is 1.15. The van der Waals surface area contributed by atoms with Crippen molar-refractivity contribution < 1.29 is 33.4 Å². The van der Waals surface area contributed by atoms with Gasteiger partial charge in [0, 0.05) is 22.6 Å². The highest BCUT2D eigenvalue weighted by atomic mass is 16.5. The van der Waals surface area contributed by atoms with Crippen molar-refractivity contribution in [1.29, 1.82) is 0 Å². The van der Waals surface area contributed by atoms with Crippen molar-refractivity contribution >= 4 is 29.4 Å². The molecule has 0 aliphatic heterocycles. The smallest absolute Gasteiger partial charge is 0.336 e. The molecule has 0 amide bonds. The zero-order chi connectivity index (χ0) is 24.8. The number of nitrogens with zero attached hydrogens (tertiary/aromatic N) is 3. The number of carboxylic acid groups (broad SMARTS) is 1. The Bertz CT molecular complexity index is 1440. The first-order valence-electron chi connectivity index (χ1n) is 10.5. The van der Waals surface area contributed by atoms with Crippen LogP contribution in [0.3, 0.4) is 0 Å². The van der Waals surface area contributed by atoms with Gasteiger partial charge >= 0.3 is 17.6 Å². The number of ether oxygens (including phenoxy) is 2. The van der Waals surface area contributed by atoms with Crippen LogP contribution in [0.5, 0.6) is 5.75 Å². The Morgan fingerprint density at radius 2 is 1.89 bits per heavy atom. The molecule has 178 valence electrons. The molecule has 2 aromatic carbocycles. The lowest BCUT2D eigenvalue weighted by Crippen LogP contribution is -2.09. The number of carbonyl (C=O) groups excluding carboxylic acids is 2. The quantitative estimate of drug-likeness (QED) is 0.205. The van der Waals surface area contributed by atoms with Gasteiger partial charge < -0.3 is 19.0 Å². The second-order valence-electron chi connectivity index (χ2n) is 7.52. The molecule has 2 aromatic heterocycles. The topological polar surface area (TPSA) is 151 Å². The maximum absolute atomic E-state index is 12.0. The van der Waals surface area contributed by atoms with E-state index in [1.165, 1.54) is 6.07 Å². The van der Waals surface area contributed by atoms with E-state index in [4.69, 9.17) is 19.0 Å². The zero-order valence-corrected chi connectivity index (χ0v) is 18.2. The number of hydrogen-bond acceptors (Lipinski definition) is 9. The first kappa shape index (κ1) is 23.4.